The highest BCUT2D eigenvalue weighted by molar-refractivity contribution is 9.10. The summed E-state index contributed by atoms with van der Waals surface area (Å²) in [6.45, 7) is 1.99. The van der Waals surface area contributed by atoms with E-state index in [4.69, 9.17) is 5.11 Å². The lowest BCUT2D eigenvalue weighted by molar-refractivity contribution is 0.281. The molecule has 2 N–H and O–H groups in total. The summed E-state index contributed by atoms with van der Waals surface area (Å²) in [7, 11) is -3.68. The molecule has 0 radical (unpaired) electrons. The SMILES string of the molecule is CC(Cn1cccn1)NS(=O)(=O)c1cc(CO)ccc1Br. The number of nitrogens with one attached hydrogen (secondary N) is 1. The van der Waals surface area contributed by atoms with E-state index >= 15 is 0 Å². The van der Waals surface area contributed by atoms with Gasteiger partial charge < -0.3 is 5.11 Å². The van der Waals surface area contributed by atoms with Gasteiger partial charge in [0.25, 0.3) is 0 Å². The predicted octanol–water partition coefficient (Wildman–Crippen LogP) is 1.50. The Hall–Kier alpha value is -1.22. The second kappa shape index (κ2) is 6.69. The molecule has 0 spiro atoms. The maximum atomic E-state index is 12.4. The lowest BCUT2D eigenvalue weighted by Crippen LogP contribution is -2.36. The van der Waals surface area contributed by atoms with E-state index in [2.05, 4.69) is 25.8 Å². The number of hydrogen-bond donors (Lipinski definition) is 2. The number of benzene rings is 1. The van der Waals surface area contributed by atoms with Crippen LogP contribution in [0.15, 0.2) is 46.0 Å². The van der Waals surface area contributed by atoms with Gasteiger partial charge in [-0.1, -0.05) is 6.07 Å². The number of halogens is 1. The molecule has 8 heteroatoms. The van der Waals surface area contributed by atoms with E-state index in [1.807, 2.05) is 0 Å². The first-order valence-electron chi connectivity index (χ1n) is 6.31. The van der Waals surface area contributed by atoms with Crippen molar-refractivity contribution in [3.63, 3.8) is 0 Å². The van der Waals surface area contributed by atoms with Crippen molar-refractivity contribution in [2.75, 3.05) is 0 Å². The highest BCUT2D eigenvalue weighted by atomic mass is 79.9. The molecule has 0 fully saturated rings. The Kier molecular flexibility index (Phi) is 5.15. The van der Waals surface area contributed by atoms with Gasteiger partial charge in [0.1, 0.15) is 0 Å². The number of aromatic nitrogens is 2. The zero-order valence-electron chi connectivity index (χ0n) is 11.4. The lowest BCUT2D eigenvalue weighted by atomic mass is 10.2. The van der Waals surface area contributed by atoms with Crippen molar-refractivity contribution in [3.05, 3.63) is 46.7 Å². The van der Waals surface area contributed by atoms with E-state index in [0.717, 1.165) is 0 Å². The monoisotopic (exact) mass is 373 g/mol. The molecule has 2 rings (SSSR count). The van der Waals surface area contributed by atoms with Crippen LogP contribution in [-0.4, -0.2) is 29.3 Å². The Morgan fingerprint density at radius 2 is 2.24 bits per heavy atom. The van der Waals surface area contributed by atoms with Gasteiger partial charge in [0.15, 0.2) is 0 Å². The number of aliphatic hydroxyl groups is 1. The van der Waals surface area contributed by atoms with Crippen LogP contribution in [0.1, 0.15) is 12.5 Å². The predicted molar refractivity (Wildman–Crippen MR) is 82.1 cm³/mol. The molecule has 1 unspecified atom stereocenters. The summed E-state index contributed by atoms with van der Waals surface area (Å²) in [5, 5.41) is 13.2. The standard InChI is InChI=1S/C13H16BrN3O3S/c1-10(8-17-6-2-5-15-17)16-21(19,20)13-7-11(9-18)3-4-12(13)14/h2-7,10,16,18H,8-9H2,1H3. The summed E-state index contributed by atoms with van der Waals surface area (Å²) >= 11 is 3.23. The van der Waals surface area contributed by atoms with E-state index in [1.165, 1.54) is 6.07 Å². The van der Waals surface area contributed by atoms with Crippen molar-refractivity contribution in [2.45, 2.75) is 31.0 Å². The number of sulfonamides is 1. The molecule has 0 aliphatic heterocycles. The molecule has 1 heterocycles. The first-order chi connectivity index (χ1) is 9.92. The summed E-state index contributed by atoms with van der Waals surface area (Å²) < 4.78 is 29.5. The molecule has 2 aromatic rings. The van der Waals surface area contributed by atoms with E-state index in [9.17, 15) is 8.42 Å². The van der Waals surface area contributed by atoms with Gasteiger partial charge in [-0.15, -0.1) is 0 Å². The Morgan fingerprint density at radius 3 is 2.86 bits per heavy atom. The number of hydrogen-bond acceptors (Lipinski definition) is 4. The van der Waals surface area contributed by atoms with Gasteiger partial charge >= 0.3 is 0 Å². The van der Waals surface area contributed by atoms with Crippen LogP contribution in [0.2, 0.25) is 0 Å². The fourth-order valence-electron chi connectivity index (χ4n) is 1.91. The van der Waals surface area contributed by atoms with Gasteiger partial charge in [-0.3, -0.25) is 4.68 Å². The van der Waals surface area contributed by atoms with E-state index < -0.39 is 10.0 Å². The van der Waals surface area contributed by atoms with Crippen LogP contribution < -0.4 is 4.72 Å². The third kappa shape index (κ3) is 4.13. The number of rotatable bonds is 6. The van der Waals surface area contributed by atoms with Gasteiger partial charge in [0.2, 0.25) is 10.0 Å². The summed E-state index contributed by atoms with van der Waals surface area (Å²) in [5.74, 6) is 0. The van der Waals surface area contributed by atoms with Crippen LogP contribution in [0.4, 0.5) is 0 Å². The van der Waals surface area contributed by atoms with Crippen molar-refractivity contribution in [1.82, 2.24) is 14.5 Å². The van der Waals surface area contributed by atoms with Gasteiger partial charge in [-0.25, -0.2) is 13.1 Å². The maximum absolute atomic E-state index is 12.4. The fraction of sp³-hybridized carbons (Fsp3) is 0.308. The molecule has 0 amide bonds. The number of nitrogens with zero attached hydrogens (tertiary/aromatic N) is 2. The first kappa shape index (κ1) is 16.2. The van der Waals surface area contributed by atoms with Crippen molar-refractivity contribution >= 4 is 26.0 Å². The van der Waals surface area contributed by atoms with E-state index in [-0.39, 0.29) is 17.5 Å². The van der Waals surface area contributed by atoms with Crippen LogP contribution in [0, 0.1) is 0 Å². The number of aliphatic hydroxyl groups excluding tert-OH is 1. The molecule has 6 nitrogen and oxygen atoms in total. The Balaban J connectivity index is 2.18. The molecular weight excluding hydrogens is 358 g/mol. The van der Waals surface area contributed by atoms with Crippen molar-refractivity contribution in [1.29, 1.82) is 0 Å². The topological polar surface area (TPSA) is 84.2 Å². The van der Waals surface area contributed by atoms with Gasteiger partial charge in [0, 0.05) is 22.9 Å². The van der Waals surface area contributed by atoms with Crippen LogP contribution in [0.3, 0.4) is 0 Å². The molecular formula is C13H16BrN3O3S. The second-order valence-electron chi connectivity index (χ2n) is 4.67. The van der Waals surface area contributed by atoms with Gasteiger partial charge in [-0.2, -0.15) is 5.10 Å². The van der Waals surface area contributed by atoms with Crippen LogP contribution in [-0.2, 0) is 23.2 Å². The van der Waals surface area contributed by atoms with E-state index in [0.29, 0.717) is 16.6 Å². The van der Waals surface area contributed by atoms with Gasteiger partial charge in [-0.05, 0) is 46.6 Å². The molecule has 21 heavy (non-hydrogen) atoms. The average molecular weight is 374 g/mol. The summed E-state index contributed by atoms with van der Waals surface area (Å²) in [6.07, 6.45) is 3.41. The van der Waals surface area contributed by atoms with Crippen molar-refractivity contribution < 1.29 is 13.5 Å². The van der Waals surface area contributed by atoms with Crippen molar-refractivity contribution in [3.8, 4) is 0 Å². The van der Waals surface area contributed by atoms with Crippen molar-refractivity contribution in [2.24, 2.45) is 0 Å². The van der Waals surface area contributed by atoms with Gasteiger partial charge in [0.05, 0.1) is 18.0 Å². The molecule has 1 aromatic carbocycles. The smallest absolute Gasteiger partial charge is 0.242 e. The first-order valence-corrected chi connectivity index (χ1v) is 8.59. The molecule has 1 atom stereocenters. The Labute approximate surface area is 132 Å². The lowest BCUT2D eigenvalue weighted by Gasteiger charge is -2.15. The molecule has 0 bridgehead atoms. The minimum atomic E-state index is -3.68. The second-order valence-corrected chi connectivity index (χ2v) is 7.21. The minimum Gasteiger partial charge on any atom is -0.392 e. The Morgan fingerprint density at radius 1 is 1.48 bits per heavy atom. The van der Waals surface area contributed by atoms with Crippen LogP contribution in [0.5, 0.6) is 0 Å². The highest BCUT2D eigenvalue weighted by Crippen LogP contribution is 2.23. The normalized spacial score (nSPS) is 13.3. The average Bonchev–Trinajstić information content (AvgIpc) is 2.91. The third-order valence-electron chi connectivity index (χ3n) is 2.84. The molecule has 114 valence electrons. The third-order valence-corrected chi connectivity index (χ3v) is 5.43. The largest absolute Gasteiger partial charge is 0.392 e. The van der Waals surface area contributed by atoms with Crippen LogP contribution >= 0.6 is 15.9 Å². The summed E-state index contributed by atoms with van der Waals surface area (Å²) in [4.78, 5) is 0.112. The quantitative estimate of drug-likeness (QED) is 0.803. The maximum Gasteiger partial charge on any atom is 0.242 e. The molecule has 0 aliphatic rings. The molecule has 0 aliphatic carbocycles. The van der Waals surface area contributed by atoms with Crippen LogP contribution in [0.25, 0.3) is 0 Å². The fourth-order valence-corrected chi connectivity index (χ4v) is 4.16. The molecule has 0 saturated carbocycles. The zero-order chi connectivity index (χ0) is 15.5. The van der Waals surface area contributed by atoms with E-state index in [1.54, 1.807) is 42.2 Å². The minimum absolute atomic E-state index is 0.112. The zero-order valence-corrected chi connectivity index (χ0v) is 13.8. The summed E-state index contributed by atoms with van der Waals surface area (Å²) in [5.41, 5.74) is 0.540. The summed E-state index contributed by atoms with van der Waals surface area (Å²) in [6, 6.07) is 6.18. The molecule has 1 aromatic heterocycles. The molecule has 0 saturated heterocycles. The Bertz CT molecular complexity index is 701. The highest BCUT2D eigenvalue weighted by Gasteiger charge is 2.21.